The van der Waals surface area contributed by atoms with Crippen LogP contribution < -0.4 is 10.6 Å². The average Bonchev–Trinajstić information content (AvgIpc) is 3.15. The molecule has 4 rings (SSSR count). The highest BCUT2D eigenvalue weighted by atomic mass is 19.4. The van der Waals surface area contributed by atoms with Crippen molar-refractivity contribution >= 4 is 28.8 Å². The molecule has 3 aromatic rings. The van der Waals surface area contributed by atoms with Gasteiger partial charge in [0.15, 0.2) is 0 Å². The molecule has 0 spiro atoms. The van der Waals surface area contributed by atoms with E-state index in [1.54, 1.807) is 0 Å². The molecule has 0 aliphatic heterocycles. The highest BCUT2D eigenvalue weighted by Gasteiger charge is 2.31. The number of alkyl halides is 3. The maximum atomic E-state index is 13.1. The molecule has 1 aliphatic rings. The van der Waals surface area contributed by atoms with Crippen LogP contribution in [0.2, 0.25) is 0 Å². The summed E-state index contributed by atoms with van der Waals surface area (Å²) in [5, 5.41) is 5.66. The molecule has 1 aromatic heterocycles. The van der Waals surface area contributed by atoms with Crippen LogP contribution in [0.3, 0.4) is 0 Å². The van der Waals surface area contributed by atoms with E-state index in [9.17, 15) is 22.8 Å². The van der Waals surface area contributed by atoms with Crippen molar-refractivity contribution in [1.29, 1.82) is 0 Å². The summed E-state index contributed by atoms with van der Waals surface area (Å²) < 4.78 is 41.3. The molecule has 34 heavy (non-hydrogen) atoms. The monoisotopic (exact) mass is 470 g/mol. The van der Waals surface area contributed by atoms with Crippen LogP contribution in [-0.2, 0) is 11.0 Å². The first-order valence-corrected chi connectivity index (χ1v) is 11.1. The minimum Gasteiger partial charge on any atom is -0.350 e. The molecule has 6 nitrogen and oxygen atoms in total. The zero-order chi connectivity index (χ0) is 24.5. The first-order chi connectivity index (χ1) is 16.2. The number of nitrogens with one attached hydrogen (secondary N) is 2. The number of amides is 2. The van der Waals surface area contributed by atoms with Crippen molar-refractivity contribution in [2.75, 3.05) is 5.32 Å². The van der Waals surface area contributed by atoms with Crippen LogP contribution in [0, 0.1) is 6.92 Å². The standard InChI is InChI=1S/C25H25F3N4O2/c1-3-22(33)29-18-8-5-9-19(14-18)32-21-11-10-15(2)12-20(21)30-24(32)31-23(34)16-6-4-7-17(13-16)25(26,27)28/h3-4,6-7,10-13,18-19H,1,5,8-9,14H2,2H3,(H,29,33)(H,30,31,34)/t18-,19-/m0/s1. The van der Waals surface area contributed by atoms with E-state index in [1.165, 1.54) is 18.2 Å². The molecule has 178 valence electrons. The number of aromatic nitrogens is 2. The molecule has 9 heteroatoms. The smallest absolute Gasteiger partial charge is 0.350 e. The zero-order valence-electron chi connectivity index (χ0n) is 18.7. The van der Waals surface area contributed by atoms with Crippen LogP contribution in [0.25, 0.3) is 11.0 Å². The lowest BCUT2D eigenvalue weighted by Crippen LogP contribution is -2.38. The van der Waals surface area contributed by atoms with E-state index in [2.05, 4.69) is 22.2 Å². The van der Waals surface area contributed by atoms with E-state index < -0.39 is 17.6 Å². The normalized spacial score (nSPS) is 18.5. The van der Waals surface area contributed by atoms with Gasteiger partial charge in [0.25, 0.3) is 5.91 Å². The van der Waals surface area contributed by atoms with Gasteiger partial charge in [0.05, 0.1) is 16.6 Å². The molecular formula is C25H25F3N4O2. The minimum absolute atomic E-state index is 0.0563. The Kier molecular flexibility index (Phi) is 6.45. The summed E-state index contributed by atoms with van der Waals surface area (Å²) in [4.78, 5) is 29.3. The van der Waals surface area contributed by atoms with Gasteiger partial charge in [-0.3, -0.25) is 14.9 Å². The molecule has 2 N–H and O–H groups in total. The van der Waals surface area contributed by atoms with Gasteiger partial charge >= 0.3 is 6.18 Å². The van der Waals surface area contributed by atoms with Gasteiger partial charge in [-0.1, -0.05) is 18.7 Å². The number of hydrogen-bond acceptors (Lipinski definition) is 3. The van der Waals surface area contributed by atoms with Crippen LogP contribution in [0.1, 0.15) is 53.2 Å². The number of carbonyl (C=O) groups excluding carboxylic acids is 2. The zero-order valence-corrected chi connectivity index (χ0v) is 18.7. The Morgan fingerprint density at radius 1 is 1.18 bits per heavy atom. The molecule has 0 radical (unpaired) electrons. The van der Waals surface area contributed by atoms with Crippen molar-refractivity contribution in [2.24, 2.45) is 0 Å². The molecule has 1 saturated carbocycles. The molecule has 2 amide bonds. The summed E-state index contributed by atoms with van der Waals surface area (Å²) >= 11 is 0. The van der Waals surface area contributed by atoms with Crippen molar-refractivity contribution in [3.63, 3.8) is 0 Å². The largest absolute Gasteiger partial charge is 0.416 e. The summed E-state index contributed by atoms with van der Waals surface area (Å²) in [7, 11) is 0. The first kappa shape index (κ1) is 23.5. The molecule has 1 aliphatic carbocycles. The number of hydrogen-bond donors (Lipinski definition) is 2. The van der Waals surface area contributed by atoms with Gasteiger partial charge in [0, 0.05) is 17.6 Å². The third-order valence-electron chi connectivity index (χ3n) is 6.07. The summed E-state index contributed by atoms with van der Waals surface area (Å²) in [5.41, 5.74) is 1.48. The van der Waals surface area contributed by atoms with Gasteiger partial charge in [-0.05, 0) is 74.6 Å². The summed E-state index contributed by atoms with van der Waals surface area (Å²) in [6, 6.07) is 9.94. The van der Waals surface area contributed by atoms with Gasteiger partial charge < -0.3 is 9.88 Å². The Morgan fingerprint density at radius 2 is 1.97 bits per heavy atom. The molecule has 2 atom stereocenters. The predicted octanol–water partition coefficient (Wildman–Crippen LogP) is 5.40. The molecule has 0 unspecified atom stereocenters. The Bertz CT molecular complexity index is 1250. The summed E-state index contributed by atoms with van der Waals surface area (Å²) in [5.74, 6) is -0.648. The molecular weight excluding hydrogens is 445 g/mol. The lowest BCUT2D eigenvalue weighted by atomic mass is 9.90. The Labute approximate surface area is 194 Å². The maximum absolute atomic E-state index is 13.1. The van der Waals surface area contributed by atoms with E-state index in [4.69, 9.17) is 0 Å². The van der Waals surface area contributed by atoms with Gasteiger partial charge in [0.2, 0.25) is 11.9 Å². The fourth-order valence-corrected chi connectivity index (χ4v) is 4.47. The topological polar surface area (TPSA) is 76.0 Å². The molecule has 1 heterocycles. The second-order valence-electron chi connectivity index (χ2n) is 8.56. The lowest BCUT2D eigenvalue weighted by molar-refractivity contribution is -0.137. The van der Waals surface area contributed by atoms with Crippen LogP contribution in [-0.4, -0.2) is 27.4 Å². The first-order valence-electron chi connectivity index (χ1n) is 11.1. The predicted molar refractivity (Wildman–Crippen MR) is 123 cm³/mol. The number of nitrogens with zero attached hydrogens (tertiary/aromatic N) is 2. The summed E-state index contributed by atoms with van der Waals surface area (Å²) in [6.45, 7) is 5.43. The van der Waals surface area contributed by atoms with E-state index >= 15 is 0 Å². The number of imidazole rings is 1. The van der Waals surface area contributed by atoms with Crippen molar-refractivity contribution in [3.05, 3.63) is 71.8 Å². The van der Waals surface area contributed by atoms with Gasteiger partial charge in [-0.15, -0.1) is 0 Å². The van der Waals surface area contributed by atoms with Crippen molar-refractivity contribution < 1.29 is 22.8 Å². The number of anilines is 1. The number of halogens is 3. The van der Waals surface area contributed by atoms with Crippen molar-refractivity contribution in [3.8, 4) is 0 Å². The van der Waals surface area contributed by atoms with Crippen LogP contribution in [0.4, 0.5) is 19.1 Å². The van der Waals surface area contributed by atoms with Crippen LogP contribution in [0.15, 0.2) is 55.1 Å². The van der Waals surface area contributed by atoms with E-state index in [-0.39, 0.29) is 29.5 Å². The van der Waals surface area contributed by atoms with Crippen molar-refractivity contribution in [1.82, 2.24) is 14.9 Å². The quantitative estimate of drug-likeness (QED) is 0.490. The minimum atomic E-state index is -4.55. The molecule has 2 aromatic carbocycles. The summed E-state index contributed by atoms with van der Waals surface area (Å²) in [6.07, 6.45) is -0.182. The van der Waals surface area contributed by atoms with Gasteiger partial charge in [0.1, 0.15) is 0 Å². The van der Waals surface area contributed by atoms with E-state index in [1.807, 2.05) is 29.7 Å². The maximum Gasteiger partial charge on any atom is 0.416 e. The highest BCUT2D eigenvalue weighted by Crippen LogP contribution is 2.35. The van der Waals surface area contributed by atoms with Gasteiger partial charge in [-0.2, -0.15) is 13.2 Å². The highest BCUT2D eigenvalue weighted by molar-refractivity contribution is 6.04. The SMILES string of the molecule is C=CC(=O)N[C@H]1CCC[C@H](n2c(NC(=O)c3cccc(C(F)(F)F)c3)nc3cc(C)ccc32)C1. The fraction of sp³-hybridized carbons (Fsp3) is 0.320. The Hall–Kier alpha value is -3.62. The third-order valence-corrected chi connectivity index (χ3v) is 6.07. The number of benzene rings is 2. The number of rotatable bonds is 5. The Morgan fingerprint density at radius 3 is 2.71 bits per heavy atom. The molecule has 0 bridgehead atoms. The van der Waals surface area contributed by atoms with E-state index in [0.29, 0.717) is 11.9 Å². The second kappa shape index (κ2) is 9.32. The van der Waals surface area contributed by atoms with Gasteiger partial charge in [-0.25, -0.2) is 4.98 Å². The second-order valence-corrected chi connectivity index (χ2v) is 8.56. The van der Waals surface area contributed by atoms with Crippen molar-refractivity contribution in [2.45, 2.75) is 50.9 Å². The van der Waals surface area contributed by atoms with E-state index in [0.717, 1.165) is 42.5 Å². The molecule has 1 fully saturated rings. The average molecular weight is 470 g/mol. The number of carbonyl (C=O) groups is 2. The lowest BCUT2D eigenvalue weighted by Gasteiger charge is -2.31. The fourth-order valence-electron chi connectivity index (χ4n) is 4.47. The van der Waals surface area contributed by atoms with Crippen LogP contribution >= 0.6 is 0 Å². The Balaban J connectivity index is 1.68. The third kappa shape index (κ3) is 4.98. The number of aryl methyl sites for hydroxylation is 1. The van der Waals surface area contributed by atoms with Crippen LogP contribution in [0.5, 0.6) is 0 Å². The molecule has 0 saturated heterocycles. The number of fused-ring (bicyclic) bond motifs is 1.